The van der Waals surface area contributed by atoms with E-state index < -0.39 is 0 Å². The summed E-state index contributed by atoms with van der Waals surface area (Å²) < 4.78 is 0. The molecule has 136 valence electrons. The normalized spacial score (nSPS) is 12.1. The first-order valence-electron chi connectivity index (χ1n) is 8.58. The number of hydrogen-bond donors (Lipinski definition) is 1. The molecule has 0 aliphatic rings. The van der Waals surface area contributed by atoms with Crippen molar-refractivity contribution in [2.75, 3.05) is 6.54 Å². The summed E-state index contributed by atoms with van der Waals surface area (Å²) in [6.07, 6.45) is 0.739. The molecule has 0 spiro atoms. The van der Waals surface area contributed by atoms with Crippen LogP contribution in [0, 0.1) is 0 Å². The molecule has 0 fully saturated rings. The van der Waals surface area contributed by atoms with E-state index in [-0.39, 0.29) is 11.2 Å². The van der Waals surface area contributed by atoms with E-state index in [9.17, 15) is 4.79 Å². The molecule has 0 aliphatic heterocycles. The van der Waals surface area contributed by atoms with Gasteiger partial charge in [-0.25, -0.2) is 4.98 Å². The zero-order valence-corrected chi connectivity index (χ0v) is 16.5. The lowest BCUT2D eigenvalue weighted by Crippen LogP contribution is -2.36. The van der Waals surface area contributed by atoms with E-state index in [1.54, 1.807) is 11.3 Å². The molecule has 1 amide bonds. The minimum absolute atomic E-state index is 0.103. The lowest BCUT2D eigenvalue weighted by molar-refractivity contribution is -0.130. The third-order valence-corrected chi connectivity index (χ3v) is 5.80. The molecule has 3 aromatic rings. The number of thiophene rings is 1. The molecule has 0 saturated carbocycles. The van der Waals surface area contributed by atoms with Crippen LogP contribution < -0.4 is 0 Å². The van der Waals surface area contributed by atoms with Crippen LogP contribution in [0.25, 0.3) is 0 Å². The number of hydrogen-bond acceptors (Lipinski definition) is 5. The van der Waals surface area contributed by atoms with E-state index in [0.29, 0.717) is 18.2 Å². The van der Waals surface area contributed by atoms with Crippen molar-refractivity contribution in [1.82, 2.24) is 20.1 Å². The maximum absolute atomic E-state index is 12.8. The first kappa shape index (κ1) is 18.7. The predicted octanol–water partition coefficient (Wildman–Crippen LogP) is 3.99. The van der Waals surface area contributed by atoms with Crippen molar-refractivity contribution in [3.8, 4) is 0 Å². The van der Waals surface area contributed by atoms with E-state index >= 15 is 0 Å². The van der Waals surface area contributed by atoms with Gasteiger partial charge in [0.1, 0.15) is 5.82 Å². The fourth-order valence-electron chi connectivity index (χ4n) is 2.60. The monoisotopic (exact) mass is 386 g/mol. The predicted molar refractivity (Wildman–Crippen MR) is 106 cm³/mol. The fourth-order valence-corrected chi connectivity index (χ4v) is 4.14. The number of benzene rings is 1. The van der Waals surface area contributed by atoms with Gasteiger partial charge in [0.15, 0.2) is 0 Å². The third kappa shape index (κ3) is 4.95. The molecule has 5 nitrogen and oxygen atoms in total. The number of aromatic amines is 1. The summed E-state index contributed by atoms with van der Waals surface area (Å²) in [7, 11) is 0. The van der Waals surface area contributed by atoms with E-state index in [0.717, 1.165) is 17.8 Å². The van der Waals surface area contributed by atoms with Crippen LogP contribution in [-0.2, 0) is 17.8 Å². The summed E-state index contributed by atoms with van der Waals surface area (Å²) in [5.74, 6) is 0.928. The quantitative estimate of drug-likeness (QED) is 0.595. The molecule has 1 atom stereocenters. The second-order valence-corrected chi connectivity index (χ2v) is 8.26. The Balaban J connectivity index is 1.58. The van der Waals surface area contributed by atoms with Gasteiger partial charge in [0.25, 0.3) is 0 Å². The van der Waals surface area contributed by atoms with Gasteiger partial charge in [0.2, 0.25) is 11.1 Å². The van der Waals surface area contributed by atoms with Crippen molar-refractivity contribution in [1.29, 1.82) is 0 Å². The average Bonchev–Trinajstić information content (AvgIpc) is 3.32. The summed E-state index contributed by atoms with van der Waals surface area (Å²) in [5.41, 5.74) is 1.14. The van der Waals surface area contributed by atoms with E-state index in [1.165, 1.54) is 16.6 Å². The molecule has 1 aromatic carbocycles. The van der Waals surface area contributed by atoms with Crippen molar-refractivity contribution < 1.29 is 4.79 Å². The van der Waals surface area contributed by atoms with Gasteiger partial charge in [0, 0.05) is 24.4 Å². The van der Waals surface area contributed by atoms with Gasteiger partial charge in [-0.3, -0.25) is 9.89 Å². The first-order chi connectivity index (χ1) is 12.7. The van der Waals surface area contributed by atoms with Gasteiger partial charge in [0.05, 0.1) is 5.25 Å². The van der Waals surface area contributed by atoms with E-state index in [1.807, 2.05) is 60.5 Å². The lowest BCUT2D eigenvalue weighted by Gasteiger charge is -2.23. The molecular weight excluding hydrogens is 364 g/mol. The molecule has 26 heavy (non-hydrogen) atoms. The number of nitrogens with one attached hydrogen (secondary N) is 1. The Morgan fingerprint density at radius 1 is 1.27 bits per heavy atom. The standard InChI is InChI=1S/C19H22N4OS2/c1-3-23(13-15-8-5-4-6-9-15)18(24)14(2)26-19-20-17(21-22-19)12-16-10-7-11-25-16/h4-11,14H,3,12-13H2,1-2H3,(H,20,21,22). The number of carbonyl (C=O) groups excluding carboxylic acids is 1. The maximum Gasteiger partial charge on any atom is 0.236 e. The number of aromatic nitrogens is 3. The van der Waals surface area contributed by atoms with Crippen molar-refractivity contribution in [3.63, 3.8) is 0 Å². The number of H-pyrrole nitrogens is 1. The van der Waals surface area contributed by atoms with Crippen LogP contribution in [0.3, 0.4) is 0 Å². The first-order valence-corrected chi connectivity index (χ1v) is 10.3. The molecule has 3 rings (SSSR count). The Kier molecular flexibility index (Phi) is 6.46. The average molecular weight is 387 g/mol. The van der Waals surface area contributed by atoms with E-state index in [4.69, 9.17) is 0 Å². The van der Waals surface area contributed by atoms with Crippen LogP contribution in [0.5, 0.6) is 0 Å². The Hall–Kier alpha value is -2.12. The summed E-state index contributed by atoms with van der Waals surface area (Å²) in [4.78, 5) is 20.4. The summed E-state index contributed by atoms with van der Waals surface area (Å²) in [6.45, 7) is 5.22. The van der Waals surface area contributed by atoms with Gasteiger partial charge >= 0.3 is 0 Å². The molecule has 0 aliphatic carbocycles. The molecule has 7 heteroatoms. The number of carbonyl (C=O) groups is 1. The van der Waals surface area contributed by atoms with E-state index in [2.05, 4.69) is 21.2 Å². The highest BCUT2D eigenvalue weighted by molar-refractivity contribution is 8.00. The molecular formula is C19H22N4OS2. The van der Waals surface area contributed by atoms with Crippen molar-refractivity contribution in [3.05, 3.63) is 64.1 Å². The second kappa shape index (κ2) is 9.00. The Bertz CT molecular complexity index is 817. The summed E-state index contributed by atoms with van der Waals surface area (Å²) in [6, 6.07) is 14.2. The Morgan fingerprint density at radius 2 is 2.08 bits per heavy atom. The smallest absolute Gasteiger partial charge is 0.236 e. The SMILES string of the molecule is CCN(Cc1ccccc1)C(=O)C(C)Sc1n[nH]c(Cc2cccs2)n1. The van der Waals surface area contributed by atoms with Crippen molar-refractivity contribution in [2.45, 2.75) is 37.2 Å². The zero-order chi connectivity index (χ0) is 18.4. The van der Waals surface area contributed by atoms with Crippen molar-refractivity contribution >= 4 is 29.0 Å². The van der Waals surface area contributed by atoms with Crippen LogP contribution in [-0.4, -0.2) is 37.8 Å². The molecule has 1 N–H and O–H groups in total. The second-order valence-electron chi connectivity index (χ2n) is 5.92. The van der Waals surface area contributed by atoms with Crippen LogP contribution in [0.15, 0.2) is 53.0 Å². The van der Waals surface area contributed by atoms with Crippen LogP contribution >= 0.6 is 23.1 Å². The molecule has 2 heterocycles. The Morgan fingerprint density at radius 3 is 2.77 bits per heavy atom. The molecule has 0 bridgehead atoms. The summed E-state index contributed by atoms with van der Waals surface area (Å²) >= 11 is 3.10. The minimum atomic E-state index is -0.232. The highest BCUT2D eigenvalue weighted by atomic mass is 32.2. The van der Waals surface area contributed by atoms with Gasteiger partial charge in [-0.05, 0) is 30.9 Å². The van der Waals surface area contributed by atoms with Gasteiger partial charge in [-0.15, -0.1) is 16.4 Å². The lowest BCUT2D eigenvalue weighted by atomic mass is 10.2. The fraction of sp³-hybridized carbons (Fsp3) is 0.316. The van der Waals surface area contributed by atoms with Crippen LogP contribution in [0.1, 0.15) is 30.1 Å². The third-order valence-electron chi connectivity index (χ3n) is 3.97. The maximum atomic E-state index is 12.8. The molecule has 0 radical (unpaired) electrons. The topological polar surface area (TPSA) is 61.9 Å². The number of thioether (sulfide) groups is 1. The van der Waals surface area contributed by atoms with Gasteiger partial charge < -0.3 is 4.90 Å². The number of amides is 1. The number of rotatable bonds is 8. The van der Waals surface area contributed by atoms with Gasteiger partial charge in [-0.1, -0.05) is 48.2 Å². The molecule has 2 aromatic heterocycles. The number of nitrogens with zero attached hydrogens (tertiary/aromatic N) is 3. The zero-order valence-electron chi connectivity index (χ0n) is 14.9. The Labute approximate surface area is 161 Å². The van der Waals surface area contributed by atoms with Gasteiger partial charge in [-0.2, -0.15) is 0 Å². The highest BCUT2D eigenvalue weighted by Gasteiger charge is 2.22. The van der Waals surface area contributed by atoms with Crippen LogP contribution in [0.2, 0.25) is 0 Å². The van der Waals surface area contributed by atoms with Crippen molar-refractivity contribution in [2.24, 2.45) is 0 Å². The molecule has 1 unspecified atom stereocenters. The van der Waals surface area contributed by atoms with Crippen LogP contribution in [0.4, 0.5) is 0 Å². The highest BCUT2D eigenvalue weighted by Crippen LogP contribution is 2.22. The summed E-state index contributed by atoms with van der Waals surface area (Å²) in [5, 5.41) is 9.66. The largest absolute Gasteiger partial charge is 0.338 e. The minimum Gasteiger partial charge on any atom is -0.338 e. The molecule has 0 saturated heterocycles.